The van der Waals surface area contributed by atoms with Crippen molar-refractivity contribution in [3.63, 3.8) is 0 Å². The fraction of sp³-hybridized carbons (Fsp3) is 0.444. The zero-order valence-corrected chi connectivity index (χ0v) is 13.9. The summed E-state index contributed by atoms with van der Waals surface area (Å²) in [5, 5.41) is 11.3. The first-order chi connectivity index (χ1) is 10.8. The molecule has 4 heteroatoms. The van der Waals surface area contributed by atoms with Crippen LogP contribution in [-0.4, -0.2) is 30.4 Å². The molecule has 0 radical (unpaired) electrons. The second kappa shape index (κ2) is 7.13. The average molecular weight is 312 g/mol. The van der Waals surface area contributed by atoms with Gasteiger partial charge in [-0.3, -0.25) is 0 Å². The van der Waals surface area contributed by atoms with Crippen LogP contribution >= 0.6 is 11.8 Å². The molecule has 0 atom stereocenters. The number of hydrogen-bond donors (Lipinski definition) is 1. The monoisotopic (exact) mass is 312 g/mol. The molecular formula is C18H22N3S+. The Hall–Kier alpha value is -1.57. The first-order valence-corrected chi connectivity index (χ1v) is 9.03. The summed E-state index contributed by atoms with van der Waals surface area (Å²) in [5.41, 5.74) is 2.90. The molecule has 1 aromatic carbocycles. The highest BCUT2D eigenvalue weighted by molar-refractivity contribution is 7.99. The number of quaternary nitrogens is 1. The number of likely N-dealkylation sites (tertiary alicyclic amines) is 1. The summed E-state index contributed by atoms with van der Waals surface area (Å²) in [7, 11) is 0. The molecule has 114 valence electrons. The van der Waals surface area contributed by atoms with Gasteiger partial charge in [-0.25, -0.2) is 4.98 Å². The molecule has 1 aliphatic rings. The van der Waals surface area contributed by atoms with E-state index in [1.807, 2.05) is 12.1 Å². The number of pyridine rings is 1. The van der Waals surface area contributed by atoms with E-state index in [4.69, 9.17) is 4.98 Å². The molecule has 2 aromatic rings. The number of thioether (sulfide) groups is 1. The molecule has 3 rings (SSSR count). The van der Waals surface area contributed by atoms with Gasteiger partial charge >= 0.3 is 0 Å². The number of nitrogens with one attached hydrogen (secondary N) is 1. The van der Waals surface area contributed by atoms with Gasteiger partial charge < -0.3 is 4.90 Å². The SMILES string of the molecule is Cc1ccc2cc(C#N)c(SCC[NH+]3CCCCC3)nc2c1. The fourth-order valence-corrected chi connectivity index (χ4v) is 4.05. The van der Waals surface area contributed by atoms with Crippen molar-refractivity contribution < 1.29 is 4.90 Å². The molecule has 3 nitrogen and oxygen atoms in total. The lowest BCUT2D eigenvalue weighted by atomic mass is 10.1. The van der Waals surface area contributed by atoms with E-state index in [9.17, 15) is 5.26 Å². The molecule has 1 N–H and O–H groups in total. The normalized spacial score (nSPS) is 15.8. The van der Waals surface area contributed by atoms with E-state index in [1.165, 1.54) is 44.5 Å². The highest BCUT2D eigenvalue weighted by Crippen LogP contribution is 2.24. The van der Waals surface area contributed by atoms with Gasteiger partial charge in [-0.15, -0.1) is 0 Å². The summed E-state index contributed by atoms with van der Waals surface area (Å²) < 4.78 is 0. The first kappa shape index (κ1) is 15.3. The van der Waals surface area contributed by atoms with Crippen molar-refractivity contribution in [1.82, 2.24) is 4.98 Å². The first-order valence-electron chi connectivity index (χ1n) is 8.04. The third kappa shape index (κ3) is 3.60. The standard InChI is InChI=1S/C18H21N3S/c1-14-5-6-15-12-16(13-19)18(20-17(15)11-14)22-10-9-21-7-3-2-4-8-21/h5-6,11-12H,2-4,7-10H2,1H3/p+1. The molecule has 0 amide bonds. The van der Waals surface area contributed by atoms with Crippen LogP contribution in [-0.2, 0) is 0 Å². The molecule has 0 aliphatic carbocycles. The third-order valence-electron chi connectivity index (χ3n) is 4.31. The molecule has 1 aromatic heterocycles. The molecule has 22 heavy (non-hydrogen) atoms. The van der Waals surface area contributed by atoms with Crippen molar-refractivity contribution in [3.05, 3.63) is 35.4 Å². The maximum atomic E-state index is 9.37. The Kier molecular flexibility index (Phi) is 4.97. The van der Waals surface area contributed by atoms with Crippen LogP contribution < -0.4 is 4.90 Å². The Morgan fingerprint density at radius 3 is 2.82 bits per heavy atom. The summed E-state index contributed by atoms with van der Waals surface area (Å²) >= 11 is 1.73. The number of hydrogen-bond acceptors (Lipinski definition) is 3. The molecule has 0 saturated carbocycles. The molecule has 0 unspecified atom stereocenters. The molecule has 1 saturated heterocycles. The summed E-state index contributed by atoms with van der Waals surface area (Å²) in [6.07, 6.45) is 4.11. The predicted octanol–water partition coefficient (Wildman–Crippen LogP) is 2.58. The lowest BCUT2D eigenvalue weighted by Gasteiger charge is -2.23. The number of aryl methyl sites for hydroxylation is 1. The van der Waals surface area contributed by atoms with Crippen LogP contribution in [0.5, 0.6) is 0 Å². The van der Waals surface area contributed by atoms with Crippen molar-refractivity contribution in [3.8, 4) is 6.07 Å². The zero-order valence-electron chi connectivity index (χ0n) is 13.1. The maximum Gasteiger partial charge on any atom is 0.115 e. The van der Waals surface area contributed by atoms with Crippen LogP contribution in [0.25, 0.3) is 10.9 Å². The van der Waals surface area contributed by atoms with E-state index in [0.29, 0.717) is 5.56 Å². The van der Waals surface area contributed by atoms with Crippen molar-refractivity contribution in [2.45, 2.75) is 31.2 Å². The number of benzene rings is 1. The minimum absolute atomic E-state index is 0.704. The summed E-state index contributed by atoms with van der Waals surface area (Å²) in [5.74, 6) is 1.04. The third-order valence-corrected chi connectivity index (χ3v) is 5.31. The van der Waals surface area contributed by atoms with Gasteiger partial charge in [0.1, 0.15) is 11.1 Å². The molecule has 2 heterocycles. The summed E-state index contributed by atoms with van der Waals surface area (Å²) in [4.78, 5) is 6.42. The molecule has 1 aliphatic heterocycles. The van der Waals surface area contributed by atoms with E-state index in [1.54, 1.807) is 16.7 Å². The summed E-state index contributed by atoms with van der Waals surface area (Å²) in [6, 6.07) is 10.5. The van der Waals surface area contributed by atoms with Crippen LogP contribution in [0, 0.1) is 18.3 Å². The van der Waals surface area contributed by atoms with Gasteiger partial charge in [-0.2, -0.15) is 5.26 Å². The lowest BCUT2D eigenvalue weighted by Crippen LogP contribution is -3.13. The number of nitrogens with zero attached hydrogens (tertiary/aromatic N) is 2. The van der Waals surface area contributed by atoms with E-state index in [2.05, 4.69) is 25.1 Å². The van der Waals surface area contributed by atoms with Crippen molar-refractivity contribution in [2.24, 2.45) is 0 Å². The van der Waals surface area contributed by atoms with Gasteiger partial charge in [0.15, 0.2) is 0 Å². The molecular weight excluding hydrogens is 290 g/mol. The summed E-state index contributed by atoms with van der Waals surface area (Å²) in [6.45, 7) is 5.85. The van der Waals surface area contributed by atoms with Gasteiger partial charge in [0.05, 0.1) is 30.7 Å². The van der Waals surface area contributed by atoms with E-state index in [-0.39, 0.29) is 0 Å². The van der Waals surface area contributed by atoms with E-state index >= 15 is 0 Å². The average Bonchev–Trinajstić information content (AvgIpc) is 2.55. The van der Waals surface area contributed by atoms with Crippen LogP contribution in [0.2, 0.25) is 0 Å². The number of fused-ring (bicyclic) bond motifs is 1. The minimum Gasteiger partial charge on any atom is -0.334 e. The Morgan fingerprint density at radius 2 is 2.05 bits per heavy atom. The number of aromatic nitrogens is 1. The van der Waals surface area contributed by atoms with Crippen LogP contribution in [0.15, 0.2) is 29.3 Å². The van der Waals surface area contributed by atoms with Gasteiger partial charge in [-0.1, -0.05) is 23.9 Å². The Bertz CT molecular complexity index is 699. The smallest absolute Gasteiger partial charge is 0.115 e. The second-order valence-electron chi connectivity index (χ2n) is 6.06. The molecule has 0 bridgehead atoms. The minimum atomic E-state index is 0.704. The molecule has 1 fully saturated rings. The van der Waals surface area contributed by atoms with Crippen LogP contribution in [0.4, 0.5) is 0 Å². The van der Waals surface area contributed by atoms with E-state index < -0.39 is 0 Å². The Balaban J connectivity index is 1.72. The van der Waals surface area contributed by atoms with Crippen molar-refractivity contribution in [2.75, 3.05) is 25.4 Å². The predicted molar refractivity (Wildman–Crippen MR) is 91.3 cm³/mol. The van der Waals surface area contributed by atoms with Crippen molar-refractivity contribution >= 4 is 22.7 Å². The van der Waals surface area contributed by atoms with Gasteiger partial charge in [-0.05, 0) is 43.9 Å². The largest absolute Gasteiger partial charge is 0.334 e. The number of rotatable bonds is 4. The topological polar surface area (TPSA) is 41.1 Å². The van der Waals surface area contributed by atoms with Crippen molar-refractivity contribution in [1.29, 1.82) is 5.26 Å². The van der Waals surface area contributed by atoms with Gasteiger partial charge in [0, 0.05) is 11.1 Å². The zero-order chi connectivity index (χ0) is 15.4. The number of nitriles is 1. The van der Waals surface area contributed by atoms with Gasteiger partial charge in [0.2, 0.25) is 0 Å². The second-order valence-corrected chi connectivity index (χ2v) is 7.14. The highest BCUT2D eigenvalue weighted by Gasteiger charge is 2.14. The van der Waals surface area contributed by atoms with Crippen LogP contribution in [0.1, 0.15) is 30.4 Å². The van der Waals surface area contributed by atoms with Gasteiger partial charge in [0.25, 0.3) is 0 Å². The highest BCUT2D eigenvalue weighted by atomic mass is 32.2. The maximum absolute atomic E-state index is 9.37. The molecule has 0 spiro atoms. The Labute approximate surface area is 136 Å². The Morgan fingerprint density at radius 1 is 1.23 bits per heavy atom. The quantitative estimate of drug-likeness (QED) is 0.882. The fourth-order valence-electron chi connectivity index (χ4n) is 3.04. The number of piperidine rings is 1. The van der Waals surface area contributed by atoms with E-state index in [0.717, 1.165) is 21.7 Å². The lowest BCUT2D eigenvalue weighted by molar-refractivity contribution is -0.902. The van der Waals surface area contributed by atoms with Crippen LogP contribution in [0.3, 0.4) is 0 Å².